The molecule has 0 aromatic heterocycles. The Kier molecular flexibility index (Phi) is 4.34. The lowest BCUT2D eigenvalue weighted by molar-refractivity contribution is 0.00218. The maximum Gasteiger partial charge on any atom is 0.0717 e. The van der Waals surface area contributed by atoms with Crippen LogP contribution in [-0.4, -0.2) is 12.4 Å². The van der Waals surface area contributed by atoms with Crippen LogP contribution in [0.3, 0.4) is 0 Å². The molecule has 1 aromatic rings. The molecule has 16 heavy (non-hydrogen) atoms. The second-order valence-electron chi connectivity index (χ2n) is 4.63. The lowest BCUT2D eigenvalue weighted by Crippen LogP contribution is -2.36. The van der Waals surface area contributed by atoms with E-state index in [0.29, 0.717) is 12.0 Å². The predicted octanol–water partition coefficient (Wildman–Crippen LogP) is 4.07. The van der Waals surface area contributed by atoms with Gasteiger partial charge in [0.15, 0.2) is 0 Å². The van der Waals surface area contributed by atoms with Crippen molar-refractivity contribution in [1.82, 2.24) is 0 Å². The van der Waals surface area contributed by atoms with Crippen LogP contribution in [0.1, 0.15) is 24.8 Å². The van der Waals surface area contributed by atoms with Crippen LogP contribution >= 0.6 is 28.6 Å². The third-order valence-electron chi connectivity index (χ3n) is 3.34. The summed E-state index contributed by atoms with van der Waals surface area (Å²) < 4.78 is 6.91. The first kappa shape index (κ1) is 12.5. The lowest BCUT2D eigenvalue weighted by atomic mass is 9.71. The molecule has 1 nitrogen and oxygen atoms in total. The fraction of sp³-hybridized carbons (Fsp3) is 0.538. The summed E-state index contributed by atoms with van der Waals surface area (Å²) in [6.07, 6.45) is 3.88. The largest absolute Gasteiger partial charge is 0.376 e. The zero-order valence-corrected chi connectivity index (χ0v) is 11.8. The van der Waals surface area contributed by atoms with Gasteiger partial charge < -0.3 is 4.74 Å². The van der Waals surface area contributed by atoms with Crippen molar-refractivity contribution in [2.75, 3.05) is 12.4 Å². The van der Waals surface area contributed by atoms with Crippen molar-refractivity contribution in [3.8, 4) is 0 Å². The van der Waals surface area contributed by atoms with Gasteiger partial charge >= 0.3 is 0 Å². The van der Waals surface area contributed by atoms with Crippen molar-refractivity contribution in [3.63, 3.8) is 0 Å². The molecule has 1 aliphatic rings. The molecule has 3 heteroatoms. The maximum absolute atomic E-state index is 5.79. The summed E-state index contributed by atoms with van der Waals surface area (Å²) in [5, 5.41) is 0. The van der Waals surface area contributed by atoms with Crippen LogP contribution < -0.4 is 0 Å². The number of hydrogen-bond donors (Lipinski definition) is 1. The van der Waals surface area contributed by atoms with Crippen molar-refractivity contribution < 1.29 is 4.74 Å². The summed E-state index contributed by atoms with van der Waals surface area (Å²) >= 11 is 7.85. The standard InChI is InChI=1S/C13H17BrOS/c14-12-4-2-11(3-5-12)8-15-9-13(10-16)6-1-7-13/h2-5,16H,1,6-10H2. The first-order valence-corrected chi connectivity index (χ1v) is 7.10. The van der Waals surface area contributed by atoms with Crippen LogP contribution in [0.4, 0.5) is 0 Å². The van der Waals surface area contributed by atoms with E-state index >= 15 is 0 Å². The molecule has 0 saturated heterocycles. The van der Waals surface area contributed by atoms with Gasteiger partial charge in [-0.3, -0.25) is 0 Å². The van der Waals surface area contributed by atoms with Gasteiger partial charge in [-0.1, -0.05) is 34.5 Å². The number of ether oxygens (including phenoxy) is 1. The highest BCUT2D eigenvalue weighted by Crippen LogP contribution is 2.42. The van der Waals surface area contributed by atoms with Gasteiger partial charge in [0.25, 0.3) is 0 Å². The minimum Gasteiger partial charge on any atom is -0.376 e. The first-order valence-electron chi connectivity index (χ1n) is 5.67. The average Bonchev–Trinajstić information content (AvgIpc) is 2.25. The number of halogens is 1. The fourth-order valence-corrected chi connectivity index (χ4v) is 2.66. The highest BCUT2D eigenvalue weighted by atomic mass is 79.9. The highest BCUT2D eigenvalue weighted by molar-refractivity contribution is 9.10. The van der Waals surface area contributed by atoms with Gasteiger partial charge in [-0.05, 0) is 36.3 Å². The molecule has 1 aromatic carbocycles. The third kappa shape index (κ3) is 3.02. The van der Waals surface area contributed by atoms with Crippen molar-refractivity contribution in [2.45, 2.75) is 25.9 Å². The summed E-state index contributed by atoms with van der Waals surface area (Å²) in [5.74, 6) is 0.952. The highest BCUT2D eigenvalue weighted by Gasteiger charge is 2.35. The maximum atomic E-state index is 5.79. The van der Waals surface area contributed by atoms with E-state index in [9.17, 15) is 0 Å². The molecule has 0 bridgehead atoms. The Morgan fingerprint density at radius 2 is 1.94 bits per heavy atom. The molecular weight excluding hydrogens is 284 g/mol. The van der Waals surface area contributed by atoms with E-state index in [4.69, 9.17) is 4.74 Å². The van der Waals surface area contributed by atoms with E-state index in [1.54, 1.807) is 0 Å². The Labute approximate surface area is 111 Å². The van der Waals surface area contributed by atoms with Gasteiger partial charge in [-0.25, -0.2) is 0 Å². The Morgan fingerprint density at radius 1 is 1.25 bits per heavy atom. The second kappa shape index (κ2) is 5.56. The van der Waals surface area contributed by atoms with E-state index in [1.807, 2.05) is 0 Å². The smallest absolute Gasteiger partial charge is 0.0717 e. The molecule has 0 atom stereocenters. The van der Waals surface area contributed by atoms with Gasteiger partial charge in [0.2, 0.25) is 0 Å². The van der Waals surface area contributed by atoms with Crippen molar-refractivity contribution >= 4 is 28.6 Å². The third-order valence-corrected chi connectivity index (χ3v) is 4.54. The molecule has 0 radical (unpaired) electrons. The predicted molar refractivity (Wildman–Crippen MR) is 73.9 cm³/mol. The van der Waals surface area contributed by atoms with Crippen LogP contribution in [0.15, 0.2) is 28.7 Å². The summed E-state index contributed by atoms with van der Waals surface area (Å²) in [4.78, 5) is 0. The quantitative estimate of drug-likeness (QED) is 0.807. The van der Waals surface area contributed by atoms with Crippen molar-refractivity contribution in [3.05, 3.63) is 34.3 Å². The van der Waals surface area contributed by atoms with Gasteiger partial charge in [0.05, 0.1) is 13.2 Å². The van der Waals surface area contributed by atoms with Gasteiger partial charge in [-0.2, -0.15) is 12.6 Å². The van der Waals surface area contributed by atoms with Crippen LogP contribution in [0.5, 0.6) is 0 Å². The molecule has 2 rings (SSSR count). The monoisotopic (exact) mass is 300 g/mol. The van der Waals surface area contributed by atoms with E-state index < -0.39 is 0 Å². The molecule has 0 spiro atoms. The molecule has 0 amide bonds. The van der Waals surface area contributed by atoms with Gasteiger partial charge in [0.1, 0.15) is 0 Å². The Morgan fingerprint density at radius 3 is 2.44 bits per heavy atom. The average molecular weight is 301 g/mol. The number of thiol groups is 1. The van der Waals surface area contributed by atoms with Crippen molar-refractivity contribution in [1.29, 1.82) is 0 Å². The molecule has 0 heterocycles. The number of hydrogen-bond acceptors (Lipinski definition) is 2. The molecule has 0 aliphatic heterocycles. The zero-order valence-electron chi connectivity index (χ0n) is 9.29. The van der Waals surface area contributed by atoms with E-state index in [2.05, 4.69) is 52.8 Å². The fourth-order valence-electron chi connectivity index (χ4n) is 1.99. The minimum atomic E-state index is 0.373. The summed E-state index contributed by atoms with van der Waals surface area (Å²) in [6.45, 7) is 1.56. The van der Waals surface area contributed by atoms with Gasteiger partial charge in [0, 0.05) is 9.89 Å². The van der Waals surface area contributed by atoms with Crippen LogP contribution in [0, 0.1) is 5.41 Å². The van der Waals surface area contributed by atoms with E-state index in [1.165, 1.54) is 24.8 Å². The van der Waals surface area contributed by atoms with Crippen LogP contribution in [0.2, 0.25) is 0 Å². The Bertz CT molecular complexity index is 327. The van der Waals surface area contributed by atoms with Crippen LogP contribution in [0.25, 0.3) is 0 Å². The zero-order chi connectivity index (χ0) is 11.4. The first-order chi connectivity index (χ1) is 7.74. The number of benzene rings is 1. The molecule has 0 unspecified atom stereocenters. The molecule has 1 fully saturated rings. The topological polar surface area (TPSA) is 9.23 Å². The second-order valence-corrected chi connectivity index (χ2v) is 5.86. The molecule has 1 saturated carbocycles. The SMILES string of the molecule is SCC1(COCc2ccc(Br)cc2)CCC1. The lowest BCUT2D eigenvalue weighted by Gasteiger charge is -2.40. The Balaban J connectivity index is 1.77. The Hall–Kier alpha value is 0.01000. The van der Waals surface area contributed by atoms with Crippen molar-refractivity contribution in [2.24, 2.45) is 5.41 Å². The van der Waals surface area contributed by atoms with Gasteiger partial charge in [-0.15, -0.1) is 0 Å². The molecule has 88 valence electrons. The minimum absolute atomic E-state index is 0.373. The van der Waals surface area contributed by atoms with E-state index in [-0.39, 0.29) is 0 Å². The van der Waals surface area contributed by atoms with Crippen LogP contribution in [-0.2, 0) is 11.3 Å². The summed E-state index contributed by atoms with van der Waals surface area (Å²) in [6, 6.07) is 8.29. The summed E-state index contributed by atoms with van der Waals surface area (Å²) in [7, 11) is 0. The molecule has 1 aliphatic carbocycles. The van der Waals surface area contributed by atoms with E-state index in [0.717, 1.165) is 16.8 Å². The summed E-state index contributed by atoms with van der Waals surface area (Å²) in [5.41, 5.74) is 1.61. The molecular formula is C13H17BrOS. The molecule has 0 N–H and O–H groups in total. The normalized spacial score (nSPS) is 18.1. The number of rotatable bonds is 5.